The van der Waals surface area contributed by atoms with Gasteiger partial charge < -0.3 is 15.5 Å². The number of hydrogen-bond donors (Lipinski definition) is 2. The Morgan fingerprint density at radius 1 is 1.48 bits per heavy atom. The second-order valence-corrected chi connectivity index (χ2v) is 5.64. The zero-order chi connectivity index (χ0) is 15.4. The molecular weight excluding hydrogens is 290 g/mol. The van der Waals surface area contributed by atoms with E-state index in [2.05, 4.69) is 10.6 Å². The van der Waals surface area contributed by atoms with Crippen LogP contribution in [0.4, 0.5) is 5.69 Å². The smallest absolute Gasteiger partial charge is 0.253 e. The third-order valence-electron chi connectivity index (χ3n) is 3.56. The Kier molecular flexibility index (Phi) is 5.07. The van der Waals surface area contributed by atoms with Gasteiger partial charge in [0.05, 0.1) is 5.56 Å². The molecule has 1 aliphatic rings. The fraction of sp³-hybridized carbons (Fsp3) is 0.467. The monoisotopic (exact) mass is 309 g/mol. The number of amides is 2. The Bertz CT molecular complexity index is 548. The van der Waals surface area contributed by atoms with Crippen LogP contribution < -0.4 is 10.6 Å². The number of likely N-dealkylation sites (tertiary alicyclic amines) is 1. The van der Waals surface area contributed by atoms with Crippen molar-refractivity contribution in [2.24, 2.45) is 0 Å². The Morgan fingerprint density at radius 2 is 2.24 bits per heavy atom. The van der Waals surface area contributed by atoms with Crippen LogP contribution >= 0.6 is 11.6 Å². The van der Waals surface area contributed by atoms with E-state index in [9.17, 15) is 9.59 Å². The van der Waals surface area contributed by atoms with Gasteiger partial charge in [0.1, 0.15) is 0 Å². The van der Waals surface area contributed by atoms with Crippen LogP contribution in [-0.4, -0.2) is 42.9 Å². The van der Waals surface area contributed by atoms with Crippen molar-refractivity contribution in [1.82, 2.24) is 10.2 Å². The minimum atomic E-state index is -0.166. The summed E-state index contributed by atoms with van der Waals surface area (Å²) in [7, 11) is 1.75. The zero-order valence-corrected chi connectivity index (χ0v) is 13.0. The van der Waals surface area contributed by atoms with E-state index < -0.39 is 0 Å². The van der Waals surface area contributed by atoms with Crippen LogP contribution in [0.1, 0.15) is 30.1 Å². The first-order valence-electron chi connectivity index (χ1n) is 7.09. The van der Waals surface area contributed by atoms with Crippen LogP contribution in [0, 0.1) is 0 Å². The lowest BCUT2D eigenvalue weighted by atomic mass is 10.0. The Balaban J connectivity index is 2.09. The number of piperidine rings is 1. The van der Waals surface area contributed by atoms with Crippen LogP contribution in [0.15, 0.2) is 18.2 Å². The summed E-state index contributed by atoms with van der Waals surface area (Å²) in [5, 5.41) is 6.66. The van der Waals surface area contributed by atoms with E-state index in [4.69, 9.17) is 11.6 Å². The summed E-state index contributed by atoms with van der Waals surface area (Å²) in [5.41, 5.74) is 1.29. The number of likely N-dealkylation sites (N-methyl/N-ethyl adjacent to an activating group) is 1. The summed E-state index contributed by atoms with van der Waals surface area (Å²) in [6.45, 7) is 3.24. The van der Waals surface area contributed by atoms with E-state index in [1.54, 1.807) is 30.1 Å². The van der Waals surface area contributed by atoms with Gasteiger partial charge in [0.25, 0.3) is 5.91 Å². The van der Waals surface area contributed by atoms with Crippen molar-refractivity contribution in [2.75, 3.05) is 25.5 Å². The molecule has 5 nitrogen and oxygen atoms in total. The molecule has 1 heterocycles. The molecular formula is C15H20ClN3O2. The summed E-state index contributed by atoms with van der Waals surface area (Å²) in [4.78, 5) is 25.6. The maximum Gasteiger partial charge on any atom is 0.253 e. The number of halogens is 1. The number of carbonyl (C=O) groups is 2. The predicted molar refractivity (Wildman–Crippen MR) is 83.7 cm³/mol. The molecule has 1 fully saturated rings. The number of carbonyl (C=O) groups excluding carboxylic acids is 2. The lowest BCUT2D eigenvalue weighted by Crippen LogP contribution is -2.48. The van der Waals surface area contributed by atoms with Crippen molar-refractivity contribution in [3.05, 3.63) is 28.8 Å². The van der Waals surface area contributed by atoms with Crippen molar-refractivity contribution >= 4 is 29.1 Å². The average Bonchev–Trinajstić information content (AvgIpc) is 2.45. The third kappa shape index (κ3) is 3.88. The highest BCUT2D eigenvalue weighted by molar-refractivity contribution is 6.31. The van der Waals surface area contributed by atoms with E-state index in [0.717, 1.165) is 12.2 Å². The molecule has 1 atom stereocenters. The lowest BCUT2D eigenvalue weighted by Gasteiger charge is -2.30. The summed E-state index contributed by atoms with van der Waals surface area (Å²) in [5.74, 6) is -0.0437. The Labute approximate surface area is 129 Å². The molecule has 1 aliphatic heterocycles. The van der Waals surface area contributed by atoms with Gasteiger partial charge in [-0.2, -0.15) is 0 Å². The van der Waals surface area contributed by atoms with Crippen molar-refractivity contribution in [2.45, 2.75) is 25.8 Å². The molecule has 21 heavy (non-hydrogen) atoms. The normalized spacial score (nSPS) is 18.5. The summed E-state index contributed by atoms with van der Waals surface area (Å²) in [6.07, 6.45) is 1.14. The molecule has 114 valence electrons. The SMILES string of the molecule is CCNc1ccc(Cl)cc1C(=O)NC1CCC(=O)N(C)C1. The second kappa shape index (κ2) is 6.80. The quantitative estimate of drug-likeness (QED) is 0.895. The fourth-order valence-electron chi connectivity index (χ4n) is 2.44. The van der Waals surface area contributed by atoms with Crippen molar-refractivity contribution in [1.29, 1.82) is 0 Å². The average molecular weight is 310 g/mol. The largest absolute Gasteiger partial charge is 0.385 e. The lowest BCUT2D eigenvalue weighted by molar-refractivity contribution is -0.132. The highest BCUT2D eigenvalue weighted by Gasteiger charge is 2.25. The molecule has 1 aromatic carbocycles. The molecule has 2 N–H and O–H groups in total. The minimum Gasteiger partial charge on any atom is -0.385 e. The highest BCUT2D eigenvalue weighted by Crippen LogP contribution is 2.21. The second-order valence-electron chi connectivity index (χ2n) is 5.20. The van der Waals surface area contributed by atoms with E-state index in [0.29, 0.717) is 30.0 Å². The first-order valence-corrected chi connectivity index (χ1v) is 7.47. The maximum absolute atomic E-state index is 12.4. The molecule has 0 aliphatic carbocycles. The third-order valence-corrected chi connectivity index (χ3v) is 3.79. The molecule has 0 spiro atoms. The first-order chi connectivity index (χ1) is 10.0. The number of anilines is 1. The molecule has 0 saturated carbocycles. The first kappa shape index (κ1) is 15.6. The molecule has 1 saturated heterocycles. The zero-order valence-electron chi connectivity index (χ0n) is 12.3. The van der Waals surface area contributed by atoms with Crippen molar-refractivity contribution in [3.63, 3.8) is 0 Å². The van der Waals surface area contributed by atoms with E-state index >= 15 is 0 Å². The molecule has 0 aromatic heterocycles. The van der Waals surface area contributed by atoms with Gasteiger partial charge in [-0.15, -0.1) is 0 Å². The number of benzene rings is 1. The van der Waals surface area contributed by atoms with E-state index in [-0.39, 0.29) is 17.9 Å². The van der Waals surface area contributed by atoms with Crippen LogP contribution in [0.2, 0.25) is 5.02 Å². The molecule has 0 radical (unpaired) electrons. The number of rotatable bonds is 4. The Hall–Kier alpha value is -1.75. The summed E-state index contributed by atoms with van der Waals surface area (Å²) < 4.78 is 0. The van der Waals surface area contributed by atoms with Gasteiger partial charge in [-0.1, -0.05) is 11.6 Å². The topological polar surface area (TPSA) is 61.4 Å². The predicted octanol–water partition coefficient (Wildman–Crippen LogP) is 2.12. The number of nitrogens with one attached hydrogen (secondary N) is 2. The van der Waals surface area contributed by atoms with Crippen LogP contribution in [0.25, 0.3) is 0 Å². The maximum atomic E-state index is 12.4. The molecule has 2 amide bonds. The number of nitrogens with zero attached hydrogens (tertiary/aromatic N) is 1. The van der Waals surface area contributed by atoms with Crippen molar-refractivity contribution in [3.8, 4) is 0 Å². The highest BCUT2D eigenvalue weighted by atomic mass is 35.5. The standard InChI is InChI=1S/C15H20ClN3O2/c1-3-17-13-6-4-10(16)8-12(13)15(21)18-11-5-7-14(20)19(2)9-11/h4,6,8,11,17H,3,5,7,9H2,1-2H3,(H,18,21). The van der Waals surface area contributed by atoms with Gasteiger partial charge in [-0.05, 0) is 31.5 Å². The van der Waals surface area contributed by atoms with E-state index in [1.807, 2.05) is 6.92 Å². The minimum absolute atomic E-state index is 0.0198. The van der Waals surface area contributed by atoms with Crippen LogP contribution in [0.5, 0.6) is 0 Å². The molecule has 1 aromatic rings. The van der Waals surface area contributed by atoms with Gasteiger partial charge in [0.2, 0.25) is 5.91 Å². The van der Waals surface area contributed by atoms with Gasteiger partial charge in [0.15, 0.2) is 0 Å². The Morgan fingerprint density at radius 3 is 2.90 bits per heavy atom. The van der Waals surface area contributed by atoms with E-state index in [1.165, 1.54) is 0 Å². The molecule has 6 heteroatoms. The van der Waals surface area contributed by atoms with Gasteiger partial charge in [-0.3, -0.25) is 9.59 Å². The summed E-state index contributed by atoms with van der Waals surface area (Å²) >= 11 is 5.99. The molecule has 0 bridgehead atoms. The van der Waals surface area contributed by atoms with Gasteiger partial charge in [-0.25, -0.2) is 0 Å². The molecule has 1 unspecified atom stereocenters. The van der Waals surface area contributed by atoms with Gasteiger partial charge in [0, 0.05) is 43.3 Å². The van der Waals surface area contributed by atoms with Crippen LogP contribution in [0.3, 0.4) is 0 Å². The van der Waals surface area contributed by atoms with Crippen LogP contribution in [-0.2, 0) is 4.79 Å². The van der Waals surface area contributed by atoms with Crippen molar-refractivity contribution < 1.29 is 9.59 Å². The molecule has 2 rings (SSSR count). The fourth-order valence-corrected chi connectivity index (χ4v) is 2.61. The van der Waals surface area contributed by atoms with Gasteiger partial charge >= 0.3 is 0 Å². The summed E-state index contributed by atoms with van der Waals surface area (Å²) in [6, 6.07) is 5.20. The number of hydrogen-bond acceptors (Lipinski definition) is 3.